The third-order valence-corrected chi connectivity index (χ3v) is 5.98. The first-order valence-electron chi connectivity index (χ1n) is 8.64. The molecular formula is C21H25NOS. The minimum atomic E-state index is 0.256. The highest BCUT2D eigenvalue weighted by molar-refractivity contribution is 7.99. The normalized spacial score (nSPS) is 18.2. The van der Waals surface area contributed by atoms with Crippen LogP contribution in [-0.2, 0) is 11.2 Å². The van der Waals surface area contributed by atoms with E-state index in [-0.39, 0.29) is 5.91 Å². The lowest BCUT2D eigenvalue weighted by molar-refractivity contribution is -0.130. The van der Waals surface area contributed by atoms with Crippen molar-refractivity contribution in [3.05, 3.63) is 70.8 Å². The molecule has 3 rings (SSSR count). The maximum absolute atomic E-state index is 12.7. The minimum Gasteiger partial charge on any atom is -0.342 e. The number of carbonyl (C=O) groups is 1. The van der Waals surface area contributed by atoms with Gasteiger partial charge in [-0.3, -0.25) is 4.79 Å². The van der Waals surface area contributed by atoms with E-state index in [0.29, 0.717) is 11.7 Å². The average molecular weight is 340 g/mol. The van der Waals surface area contributed by atoms with Gasteiger partial charge in [0.2, 0.25) is 5.91 Å². The first kappa shape index (κ1) is 17.1. The molecular weight excluding hydrogens is 314 g/mol. The predicted molar refractivity (Wildman–Crippen MR) is 102 cm³/mol. The Morgan fingerprint density at radius 1 is 1.12 bits per heavy atom. The van der Waals surface area contributed by atoms with Crippen LogP contribution in [0.15, 0.2) is 48.5 Å². The lowest BCUT2D eigenvalue weighted by Gasteiger charge is -2.21. The number of hydrogen-bond donors (Lipinski definition) is 0. The van der Waals surface area contributed by atoms with E-state index in [1.165, 1.54) is 16.7 Å². The van der Waals surface area contributed by atoms with Crippen LogP contribution in [0.25, 0.3) is 0 Å². The minimum absolute atomic E-state index is 0.256. The maximum atomic E-state index is 12.7. The summed E-state index contributed by atoms with van der Waals surface area (Å²) in [5.74, 6) is 1.27. The van der Waals surface area contributed by atoms with Gasteiger partial charge in [-0.2, -0.15) is 11.8 Å². The van der Waals surface area contributed by atoms with Gasteiger partial charge >= 0.3 is 0 Å². The second-order valence-corrected chi connectivity index (χ2v) is 7.86. The molecule has 1 amide bonds. The fourth-order valence-corrected chi connectivity index (χ4v) is 4.65. The van der Waals surface area contributed by atoms with Crippen molar-refractivity contribution in [1.82, 2.24) is 4.90 Å². The van der Waals surface area contributed by atoms with E-state index >= 15 is 0 Å². The number of carbonyl (C=O) groups excluding carboxylic acids is 1. The molecule has 0 radical (unpaired) electrons. The second kappa shape index (κ2) is 7.89. The van der Waals surface area contributed by atoms with Gasteiger partial charge in [0, 0.05) is 24.1 Å². The van der Waals surface area contributed by atoms with Crippen LogP contribution in [0.1, 0.15) is 33.9 Å². The summed E-state index contributed by atoms with van der Waals surface area (Å²) in [6.07, 6.45) is 1.55. The van der Waals surface area contributed by atoms with E-state index in [4.69, 9.17) is 0 Å². The molecule has 1 aliphatic heterocycles. The van der Waals surface area contributed by atoms with E-state index in [0.717, 1.165) is 30.8 Å². The van der Waals surface area contributed by atoms with Crippen molar-refractivity contribution >= 4 is 17.7 Å². The molecule has 2 aromatic rings. The summed E-state index contributed by atoms with van der Waals surface area (Å²) in [5.41, 5.74) is 5.11. The summed E-state index contributed by atoms with van der Waals surface area (Å²) < 4.78 is 0. The molecule has 2 aromatic carbocycles. The summed E-state index contributed by atoms with van der Waals surface area (Å²) >= 11 is 1.99. The van der Waals surface area contributed by atoms with E-state index in [1.54, 1.807) is 0 Å². The van der Waals surface area contributed by atoms with Gasteiger partial charge in [-0.15, -0.1) is 0 Å². The summed E-state index contributed by atoms with van der Waals surface area (Å²) in [6, 6.07) is 16.9. The molecule has 1 unspecified atom stereocenters. The third-order valence-electron chi connectivity index (χ3n) is 4.67. The van der Waals surface area contributed by atoms with Gasteiger partial charge in [0.15, 0.2) is 0 Å². The Balaban J connectivity index is 1.63. The Kier molecular flexibility index (Phi) is 5.62. The van der Waals surface area contributed by atoms with Gasteiger partial charge < -0.3 is 4.90 Å². The highest BCUT2D eigenvalue weighted by atomic mass is 32.2. The van der Waals surface area contributed by atoms with Crippen molar-refractivity contribution in [3.63, 3.8) is 0 Å². The topological polar surface area (TPSA) is 20.3 Å². The van der Waals surface area contributed by atoms with Crippen LogP contribution in [0, 0.1) is 13.8 Å². The zero-order valence-corrected chi connectivity index (χ0v) is 15.3. The molecule has 126 valence electrons. The second-order valence-electron chi connectivity index (χ2n) is 6.55. The summed E-state index contributed by atoms with van der Waals surface area (Å²) in [5, 5.41) is 0.503. The number of hydrogen-bond acceptors (Lipinski definition) is 2. The van der Waals surface area contributed by atoms with Crippen molar-refractivity contribution in [2.45, 2.75) is 31.9 Å². The zero-order valence-electron chi connectivity index (χ0n) is 14.5. The number of nitrogens with zero attached hydrogens (tertiary/aromatic N) is 1. The van der Waals surface area contributed by atoms with Crippen molar-refractivity contribution in [3.8, 4) is 0 Å². The number of amides is 1. The molecule has 0 aromatic heterocycles. The van der Waals surface area contributed by atoms with Crippen LogP contribution < -0.4 is 0 Å². The fraction of sp³-hybridized carbons (Fsp3) is 0.381. The molecule has 0 N–H and O–H groups in total. The predicted octanol–water partition coefficient (Wildman–Crippen LogP) is 4.55. The molecule has 1 heterocycles. The van der Waals surface area contributed by atoms with Crippen LogP contribution in [0.2, 0.25) is 0 Å². The van der Waals surface area contributed by atoms with Crippen molar-refractivity contribution in [2.75, 3.05) is 18.8 Å². The third kappa shape index (κ3) is 4.21. The van der Waals surface area contributed by atoms with Crippen LogP contribution in [-0.4, -0.2) is 29.6 Å². The summed E-state index contributed by atoms with van der Waals surface area (Å²) in [7, 11) is 0. The van der Waals surface area contributed by atoms with Crippen LogP contribution >= 0.6 is 11.8 Å². The highest BCUT2D eigenvalue weighted by Crippen LogP contribution is 2.35. The van der Waals surface area contributed by atoms with Gasteiger partial charge in [-0.1, -0.05) is 54.1 Å². The van der Waals surface area contributed by atoms with E-state index in [9.17, 15) is 4.79 Å². The molecule has 0 spiro atoms. The Hall–Kier alpha value is -1.74. The molecule has 1 aliphatic rings. The van der Waals surface area contributed by atoms with Crippen LogP contribution in [0.3, 0.4) is 0 Å². The fourth-order valence-electron chi connectivity index (χ4n) is 3.32. The van der Waals surface area contributed by atoms with Gasteiger partial charge in [-0.05, 0) is 37.0 Å². The quantitative estimate of drug-likeness (QED) is 0.817. The van der Waals surface area contributed by atoms with E-state index in [2.05, 4.69) is 50.2 Å². The van der Waals surface area contributed by atoms with Gasteiger partial charge in [0.05, 0.1) is 6.42 Å². The molecule has 1 atom stereocenters. The zero-order chi connectivity index (χ0) is 16.9. The Morgan fingerprint density at radius 2 is 1.96 bits per heavy atom. The van der Waals surface area contributed by atoms with E-state index in [1.807, 2.05) is 28.8 Å². The smallest absolute Gasteiger partial charge is 0.227 e. The Labute approximate surface area is 149 Å². The number of aryl methyl sites for hydroxylation is 2. The van der Waals surface area contributed by atoms with Crippen LogP contribution in [0.4, 0.5) is 0 Å². The molecule has 1 saturated heterocycles. The summed E-state index contributed by atoms with van der Waals surface area (Å²) in [6.45, 7) is 5.97. The van der Waals surface area contributed by atoms with Crippen LogP contribution in [0.5, 0.6) is 0 Å². The molecule has 1 fully saturated rings. The highest BCUT2D eigenvalue weighted by Gasteiger charge is 2.22. The van der Waals surface area contributed by atoms with Crippen molar-refractivity contribution in [1.29, 1.82) is 0 Å². The Bertz CT molecular complexity index is 712. The van der Waals surface area contributed by atoms with Gasteiger partial charge in [0.25, 0.3) is 0 Å². The van der Waals surface area contributed by atoms with Gasteiger partial charge in [-0.25, -0.2) is 0 Å². The lowest BCUT2D eigenvalue weighted by Crippen LogP contribution is -2.34. The first-order valence-corrected chi connectivity index (χ1v) is 9.69. The summed E-state index contributed by atoms with van der Waals surface area (Å²) in [4.78, 5) is 14.7. The molecule has 3 heteroatoms. The van der Waals surface area contributed by atoms with Crippen molar-refractivity contribution < 1.29 is 4.79 Å². The number of benzene rings is 2. The van der Waals surface area contributed by atoms with Crippen molar-refractivity contribution in [2.24, 2.45) is 0 Å². The number of thioether (sulfide) groups is 1. The standard InChI is InChI=1S/C21H25NOS/c1-16-6-5-8-18(14-16)15-21(23)22-11-10-20(24-13-12-22)19-9-4-3-7-17(19)2/h3-9,14,20H,10-13,15H2,1-2H3. The number of rotatable bonds is 3. The SMILES string of the molecule is Cc1cccc(CC(=O)N2CCSC(c3ccccc3C)CC2)c1. The lowest BCUT2D eigenvalue weighted by atomic mass is 10.0. The molecule has 2 nitrogen and oxygen atoms in total. The molecule has 0 bridgehead atoms. The maximum Gasteiger partial charge on any atom is 0.227 e. The van der Waals surface area contributed by atoms with E-state index < -0.39 is 0 Å². The molecule has 0 saturated carbocycles. The molecule has 24 heavy (non-hydrogen) atoms. The Morgan fingerprint density at radius 3 is 2.75 bits per heavy atom. The first-order chi connectivity index (χ1) is 11.6. The molecule has 0 aliphatic carbocycles. The largest absolute Gasteiger partial charge is 0.342 e. The average Bonchev–Trinajstić information content (AvgIpc) is 2.81. The van der Waals surface area contributed by atoms with Gasteiger partial charge in [0.1, 0.15) is 0 Å². The monoisotopic (exact) mass is 339 g/mol.